The van der Waals surface area contributed by atoms with Gasteiger partial charge in [-0.05, 0) is 33.6 Å². The molecule has 0 radical (unpaired) electrons. The minimum Gasteiger partial charge on any atom is -0.392 e. The van der Waals surface area contributed by atoms with Gasteiger partial charge in [-0.1, -0.05) is 6.92 Å². The summed E-state index contributed by atoms with van der Waals surface area (Å²) < 4.78 is 5.96. The molecule has 3 aliphatic carbocycles. The zero-order chi connectivity index (χ0) is 13.0. The molecule has 0 unspecified atom stereocenters. The molecule has 0 amide bonds. The Hall–Kier alpha value is -0.450. The van der Waals surface area contributed by atoms with Crippen LogP contribution < -0.4 is 0 Å². The lowest BCUT2D eigenvalue weighted by Gasteiger charge is -2.54. The molecule has 0 spiro atoms. The Kier molecular flexibility index (Phi) is 2.88. The van der Waals surface area contributed by atoms with Gasteiger partial charge in [-0.25, -0.2) is 0 Å². The Bertz CT molecular complexity index is 329. The van der Waals surface area contributed by atoms with Crippen molar-refractivity contribution in [3.05, 3.63) is 0 Å². The van der Waals surface area contributed by atoms with Gasteiger partial charge in [0.25, 0.3) is 0 Å². The van der Waals surface area contributed by atoms with Crippen LogP contribution in [0.3, 0.4) is 0 Å². The number of ether oxygens (including phenoxy) is 1. The molecule has 98 valence electrons. The number of hydrogen-bond acceptors (Lipinski definition) is 4. The number of carbonyl (C=O) groups excluding carboxylic acids is 1. The first-order chi connectivity index (χ1) is 7.65. The number of carbonyl (C=O) groups is 1. The highest BCUT2D eigenvalue weighted by atomic mass is 16.5. The van der Waals surface area contributed by atoms with Crippen molar-refractivity contribution in [2.24, 2.45) is 11.3 Å². The summed E-state index contributed by atoms with van der Waals surface area (Å²) in [6, 6.07) is 0. The molecule has 0 aromatic carbocycles. The van der Waals surface area contributed by atoms with E-state index in [1.54, 1.807) is 0 Å². The highest BCUT2D eigenvalue weighted by Gasteiger charge is 2.60. The summed E-state index contributed by atoms with van der Waals surface area (Å²) in [5, 5.41) is 20.0. The average molecular weight is 242 g/mol. The van der Waals surface area contributed by atoms with E-state index in [1.807, 2.05) is 27.7 Å². The number of ketones is 1. The molecule has 2 N–H and O–H groups in total. The lowest BCUT2D eigenvalue weighted by atomic mass is 9.56. The number of aliphatic hydroxyl groups is 2. The second kappa shape index (κ2) is 3.77. The molecular formula is C13H22O4. The van der Waals surface area contributed by atoms with Crippen molar-refractivity contribution in [3.63, 3.8) is 0 Å². The minimum atomic E-state index is -1.00. The highest BCUT2D eigenvalue weighted by Crippen LogP contribution is 2.50. The first-order valence-corrected chi connectivity index (χ1v) is 6.23. The maximum atomic E-state index is 11.8. The van der Waals surface area contributed by atoms with Crippen LogP contribution in [-0.2, 0) is 9.53 Å². The van der Waals surface area contributed by atoms with Crippen LogP contribution in [0.5, 0.6) is 0 Å². The fourth-order valence-corrected chi connectivity index (χ4v) is 3.11. The number of hydrogen-bond donors (Lipinski definition) is 2. The molecule has 0 aromatic heterocycles. The van der Waals surface area contributed by atoms with E-state index in [2.05, 4.69) is 0 Å². The van der Waals surface area contributed by atoms with Gasteiger partial charge in [-0.3, -0.25) is 4.79 Å². The van der Waals surface area contributed by atoms with Gasteiger partial charge in [0, 0.05) is 11.3 Å². The zero-order valence-electron chi connectivity index (χ0n) is 10.9. The van der Waals surface area contributed by atoms with E-state index in [4.69, 9.17) is 4.74 Å². The minimum absolute atomic E-state index is 0.163. The van der Waals surface area contributed by atoms with Gasteiger partial charge in [0.1, 0.15) is 6.10 Å². The number of fused-ring (bicyclic) bond motifs is 3. The maximum Gasteiger partial charge on any atom is 0.167 e. The van der Waals surface area contributed by atoms with Crippen LogP contribution in [0.4, 0.5) is 0 Å². The number of Topliss-reactive ketones (excluding diaryl/α,β-unsaturated/α-hetero) is 1. The molecule has 2 bridgehead atoms. The lowest BCUT2D eigenvalue weighted by Crippen LogP contribution is -2.64. The number of aliphatic hydroxyl groups excluding tert-OH is 2. The van der Waals surface area contributed by atoms with E-state index in [0.29, 0.717) is 12.8 Å². The lowest BCUT2D eigenvalue weighted by molar-refractivity contribution is -0.219. The Labute approximate surface area is 102 Å². The molecule has 17 heavy (non-hydrogen) atoms. The maximum absolute atomic E-state index is 11.8. The van der Waals surface area contributed by atoms with Crippen LogP contribution in [0.1, 0.15) is 40.5 Å². The Morgan fingerprint density at radius 2 is 1.94 bits per heavy atom. The smallest absolute Gasteiger partial charge is 0.167 e. The third-order valence-corrected chi connectivity index (χ3v) is 4.07. The van der Waals surface area contributed by atoms with Crippen LogP contribution in [0, 0.1) is 11.3 Å². The zero-order valence-corrected chi connectivity index (χ0v) is 10.9. The van der Waals surface area contributed by atoms with Crippen LogP contribution in [0.15, 0.2) is 0 Å². The van der Waals surface area contributed by atoms with Crippen molar-refractivity contribution in [1.82, 2.24) is 0 Å². The van der Waals surface area contributed by atoms with E-state index < -0.39 is 23.5 Å². The molecule has 4 nitrogen and oxygen atoms in total. The summed E-state index contributed by atoms with van der Waals surface area (Å²) in [7, 11) is 0. The largest absolute Gasteiger partial charge is 0.392 e. The van der Waals surface area contributed by atoms with Crippen molar-refractivity contribution in [2.45, 2.75) is 64.4 Å². The van der Waals surface area contributed by atoms with E-state index in [9.17, 15) is 15.0 Å². The quantitative estimate of drug-likeness (QED) is 0.716. The van der Waals surface area contributed by atoms with E-state index >= 15 is 0 Å². The van der Waals surface area contributed by atoms with Crippen molar-refractivity contribution >= 4 is 5.78 Å². The van der Waals surface area contributed by atoms with Crippen LogP contribution in [0.2, 0.25) is 0 Å². The first-order valence-electron chi connectivity index (χ1n) is 6.23. The van der Waals surface area contributed by atoms with Crippen molar-refractivity contribution < 1.29 is 19.7 Å². The van der Waals surface area contributed by atoms with Gasteiger partial charge < -0.3 is 14.9 Å². The molecular weight excluding hydrogens is 220 g/mol. The molecule has 4 heteroatoms. The first kappa shape index (κ1) is 13.0. The molecule has 0 saturated heterocycles. The molecule has 0 aromatic rings. The summed E-state index contributed by atoms with van der Waals surface area (Å²) in [5.41, 5.74) is -0.961. The van der Waals surface area contributed by atoms with Gasteiger partial charge in [-0.2, -0.15) is 0 Å². The summed E-state index contributed by atoms with van der Waals surface area (Å²) in [6.07, 6.45) is -0.841. The van der Waals surface area contributed by atoms with Crippen molar-refractivity contribution in [2.75, 3.05) is 0 Å². The SMILES string of the molecule is CC(C)(C)O[C@H]1C[C@H]2C(=O)[C@H](O)[C@]1(C)C[C@@H]2O. The van der Waals surface area contributed by atoms with Crippen LogP contribution >= 0.6 is 0 Å². The molecule has 3 rings (SSSR count). The average Bonchev–Trinajstić information content (AvgIpc) is 2.15. The second-order valence-electron chi connectivity index (χ2n) is 6.64. The Balaban J connectivity index is 2.26. The normalized spacial score (nSPS) is 46.4. The van der Waals surface area contributed by atoms with Gasteiger partial charge in [0.05, 0.1) is 17.8 Å². The van der Waals surface area contributed by atoms with Gasteiger partial charge in [0.15, 0.2) is 5.78 Å². The fourth-order valence-electron chi connectivity index (χ4n) is 3.11. The van der Waals surface area contributed by atoms with Gasteiger partial charge >= 0.3 is 0 Å². The third kappa shape index (κ3) is 2.02. The Morgan fingerprint density at radius 1 is 1.35 bits per heavy atom. The molecule has 0 heterocycles. The van der Waals surface area contributed by atoms with Gasteiger partial charge in [-0.15, -0.1) is 0 Å². The molecule has 3 aliphatic rings. The molecule has 0 aliphatic heterocycles. The Morgan fingerprint density at radius 3 is 2.47 bits per heavy atom. The fraction of sp³-hybridized carbons (Fsp3) is 0.923. The van der Waals surface area contributed by atoms with Crippen LogP contribution in [-0.4, -0.2) is 39.9 Å². The standard InChI is InChI=1S/C13H22O4/c1-12(2,3)17-9-5-7-8(14)6-13(9,4)11(16)10(7)15/h7-9,11,14,16H,5-6H2,1-4H3/t7-,8+,9+,11+,13-/m1/s1. The topological polar surface area (TPSA) is 66.8 Å². The monoisotopic (exact) mass is 242 g/mol. The van der Waals surface area contributed by atoms with Crippen molar-refractivity contribution in [3.8, 4) is 0 Å². The van der Waals surface area contributed by atoms with E-state index in [-0.39, 0.29) is 17.5 Å². The number of rotatable bonds is 1. The third-order valence-electron chi connectivity index (χ3n) is 4.07. The second-order valence-corrected chi connectivity index (χ2v) is 6.64. The summed E-state index contributed by atoms with van der Waals surface area (Å²) in [5.74, 6) is -0.681. The predicted octanol–water partition coefficient (Wildman–Crippen LogP) is 0.891. The summed E-state index contributed by atoms with van der Waals surface area (Å²) in [6.45, 7) is 7.72. The van der Waals surface area contributed by atoms with E-state index in [1.165, 1.54) is 0 Å². The highest BCUT2D eigenvalue weighted by molar-refractivity contribution is 5.88. The van der Waals surface area contributed by atoms with Crippen LogP contribution in [0.25, 0.3) is 0 Å². The van der Waals surface area contributed by atoms with Crippen molar-refractivity contribution in [1.29, 1.82) is 0 Å². The molecule has 5 atom stereocenters. The summed E-state index contributed by atoms with van der Waals surface area (Å²) in [4.78, 5) is 11.8. The van der Waals surface area contributed by atoms with Gasteiger partial charge in [0.2, 0.25) is 0 Å². The van der Waals surface area contributed by atoms with E-state index in [0.717, 1.165) is 0 Å². The predicted molar refractivity (Wildman–Crippen MR) is 62.5 cm³/mol. The molecule has 3 fully saturated rings. The summed E-state index contributed by atoms with van der Waals surface area (Å²) >= 11 is 0. The molecule has 3 saturated carbocycles.